The molecule has 0 saturated carbocycles. The topological polar surface area (TPSA) is 52.0 Å². The molecule has 25 heavy (non-hydrogen) atoms. The second-order valence-electron chi connectivity index (χ2n) is 5.82. The molecule has 0 N–H and O–H groups in total. The van der Waals surface area contributed by atoms with Gasteiger partial charge in [0.2, 0.25) is 0 Å². The van der Waals surface area contributed by atoms with Gasteiger partial charge in [-0.3, -0.25) is 14.2 Å². The van der Waals surface area contributed by atoms with Gasteiger partial charge in [-0.1, -0.05) is 59.3 Å². The first-order valence-electron chi connectivity index (χ1n) is 7.92. The van der Waals surface area contributed by atoms with Crippen LogP contribution in [0.5, 0.6) is 0 Å². The molecule has 0 radical (unpaired) electrons. The molecule has 2 aromatic carbocycles. The van der Waals surface area contributed by atoms with Crippen LogP contribution in [-0.2, 0) is 0 Å². The number of rotatable bonds is 5. The van der Waals surface area contributed by atoms with Gasteiger partial charge in [-0.2, -0.15) is 0 Å². The molecule has 4 nitrogen and oxygen atoms in total. The number of benzene rings is 2. The summed E-state index contributed by atoms with van der Waals surface area (Å²) in [5, 5.41) is 0.323. The summed E-state index contributed by atoms with van der Waals surface area (Å²) >= 11 is 1.17. The lowest BCUT2D eigenvalue weighted by Gasteiger charge is -2.07. The lowest BCUT2D eigenvalue weighted by atomic mass is 10.1. The number of aryl methyl sites for hydroxylation is 2. The zero-order valence-corrected chi connectivity index (χ0v) is 14.9. The smallest absolute Gasteiger partial charge is 0.287 e. The lowest BCUT2D eigenvalue weighted by Crippen LogP contribution is -2.21. The van der Waals surface area contributed by atoms with Gasteiger partial charge < -0.3 is 0 Å². The predicted octanol–water partition coefficient (Wildman–Crippen LogP) is 3.82. The van der Waals surface area contributed by atoms with Gasteiger partial charge in [-0.25, -0.2) is 4.98 Å². The Balaban J connectivity index is 1.78. The molecule has 126 valence electrons. The van der Waals surface area contributed by atoms with Crippen molar-refractivity contribution in [2.45, 2.75) is 18.9 Å². The van der Waals surface area contributed by atoms with E-state index >= 15 is 0 Å². The van der Waals surface area contributed by atoms with Gasteiger partial charge in [-0.15, -0.1) is 0 Å². The van der Waals surface area contributed by atoms with Crippen molar-refractivity contribution in [3.05, 3.63) is 88.0 Å². The van der Waals surface area contributed by atoms with Crippen LogP contribution in [0, 0.1) is 13.8 Å². The summed E-state index contributed by atoms with van der Waals surface area (Å²) < 4.78 is 1.55. The number of hydrogen-bond acceptors (Lipinski definition) is 4. The number of carbonyl (C=O) groups excluding carboxylic acids is 1. The minimum absolute atomic E-state index is 0.0167. The third kappa shape index (κ3) is 4.06. The average Bonchev–Trinajstić information content (AvgIpc) is 2.62. The fourth-order valence-corrected chi connectivity index (χ4v) is 3.15. The molecule has 0 atom stereocenters. The highest BCUT2D eigenvalue weighted by atomic mass is 32.2. The van der Waals surface area contributed by atoms with Crippen LogP contribution in [0.3, 0.4) is 0 Å². The van der Waals surface area contributed by atoms with Crippen LogP contribution in [0.2, 0.25) is 0 Å². The fraction of sp³-hybridized carbons (Fsp3) is 0.150. The Hall–Kier alpha value is -2.66. The quantitative estimate of drug-likeness (QED) is 0.518. The van der Waals surface area contributed by atoms with E-state index in [4.69, 9.17) is 0 Å². The van der Waals surface area contributed by atoms with E-state index in [9.17, 15) is 9.59 Å². The van der Waals surface area contributed by atoms with E-state index in [0.29, 0.717) is 10.6 Å². The molecule has 5 heteroatoms. The van der Waals surface area contributed by atoms with Crippen molar-refractivity contribution in [1.29, 1.82) is 0 Å². The summed E-state index contributed by atoms with van der Waals surface area (Å²) in [7, 11) is 0. The monoisotopic (exact) mass is 350 g/mol. The summed E-state index contributed by atoms with van der Waals surface area (Å²) in [6.07, 6.45) is 3.22. The average molecular weight is 350 g/mol. The number of hydrogen-bond donors (Lipinski definition) is 0. The number of carbonyl (C=O) groups is 1. The molecule has 0 unspecified atom stereocenters. The van der Waals surface area contributed by atoms with Crippen molar-refractivity contribution in [1.82, 2.24) is 9.55 Å². The third-order valence-electron chi connectivity index (χ3n) is 3.83. The van der Waals surface area contributed by atoms with Crippen molar-refractivity contribution in [2.24, 2.45) is 0 Å². The van der Waals surface area contributed by atoms with E-state index in [1.165, 1.54) is 11.8 Å². The van der Waals surface area contributed by atoms with Crippen molar-refractivity contribution in [2.75, 3.05) is 5.75 Å². The zero-order chi connectivity index (χ0) is 17.8. The van der Waals surface area contributed by atoms with Crippen molar-refractivity contribution >= 4 is 17.5 Å². The van der Waals surface area contributed by atoms with Crippen LogP contribution in [0.4, 0.5) is 0 Å². The summed E-state index contributed by atoms with van der Waals surface area (Å²) in [4.78, 5) is 29.0. The van der Waals surface area contributed by atoms with Crippen LogP contribution in [0.1, 0.15) is 21.5 Å². The van der Waals surface area contributed by atoms with Gasteiger partial charge in [0, 0.05) is 23.6 Å². The normalized spacial score (nSPS) is 10.6. The van der Waals surface area contributed by atoms with E-state index < -0.39 is 0 Å². The van der Waals surface area contributed by atoms with Crippen LogP contribution in [0.15, 0.2) is 70.7 Å². The van der Waals surface area contributed by atoms with Gasteiger partial charge in [0.15, 0.2) is 10.8 Å². The Morgan fingerprint density at radius 1 is 1.00 bits per heavy atom. The highest BCUT2D eigenvalue weighted by molar-refractivity contribution is 7.99. The van der Waals surface area contributed by atoms with Gasteiger partial charge in [0.1, 0.15) is 0 Å². The third-order valence-corrected chi connectivity index (χ3v) is 4.79. The molecule has 3 rings (SSSR count). The van der Waals surface area contributed by atoms with E-state index in [-0.39, 0.29) is 17.1 Å². The van der Waals surface area contributed by atoms with Crippen LogP contribution in [-0.4, -0.2) is 21.1 Å². The molecule has 0 fully saturated rings. The molecule has 0 bridgehead atoms. The molecule has 0 aliphatic rings. The summed E-state index contributed by atoms with van der Waals surface area (Å²) in [6.45, 7) is 3.97. The van der Waals surface area contributed by atoms with Gasteiger partial charge in [0.05, 0.1) is 5.75 Å². The molecule has 0 aliphatic heterocycles. The SMILES string of the molecule is Cc1ccc(C(=O)CSc2nccn(-c3ccc(C)cc3)c2=O)cc1. The molecule has 0 aliphatic carbocycles. The standard InChI is InChI=1S/C20H18N2O2S/c1-14-3-7-16(8-4-14)18(23)13-25-19-20(24)22(12-11-21-19)17-9-5-15(2)6-10-17/h3-12H,13H2,1-2H3. The van der Waals surface area contributed by atoms with E-state index in [1.54, 1.807) is 29.1 Å². The van der Waals surface area contributed by atoms with Gasteiger partial charge in [0.25, 0.3) is 5.56 Å². The molecule has 1 heterocycles. The van der Waals surface area contributed by atoms with E-state index in [0.717, 1.165) is 16.8 Å². The second-order valence-corrected chi connectivity index (χ2v) is 6.79. The Morgan fingerprint density at radius 2 is 1.60 bits per heavy atom. The fourth-order valence-electron chi connectivity index (χ4n) is 2.36. The molecular weight excluding hydrogens is 332 g/mol. The van der Waals surface area contributed by atoms with Crippen molar-refractivity contribution in [3.63, 3.8) is 0 Å². The molecule has 0 spiro atoms. The Morgan fingerprint density at radius 3 is 2.24 bits per heavy atom. The highest BCUT2D eigenvalue weighted by Gasteiger charge is 2.11. The highest BCUT2D eigenvalue weighted by Crippen LogP contribution is 2.15. The minimum Gasteiger partial charge on any atom is -0.293 e. The Kier molecular flexibility index (Phi) is 5.14. The number of thioether (sulfide) groups is 1. The summed E-state index contributed by atoms with van der Waals surface area (Å²) in [5.74, 6) is 0.167. The molecular formula is C20H18N2O2S. The molecule has 0 saturated heterocycles. The molecule has 0 amide bonds. The van der Waals surface area contributed by atoms with Gasteiger partial charge in [-0.05, 0) is 26.0 Å². The summed E-state index contributed by atoms with van der Waals surface area (Å²) in [5.41, 5.74) is 3.45. The first-order chi connectivity index (χ1) is 12.0. The van der Waals surface area contributed by atoms with Crippen molar-refractivity contribution in [3.8, 4) is 5.69 Å². The van der Waals surface area contributed by atoms with Crippen LogP contribution >= 0.6 is 11.8 Å². The number of aromatic nitrogens is 2. The van der Waals surface area contributed by atoms with Crippen LogP contribution < -0.4 is 5.56 Å². The zero-order valence-electron chi connectivity index (χ0n) is 14.1. The maximum atomic E-state index is 12.6. The first-order valence-corrected chi connectivity index (χ1v) is 8.90. The number of ketones is 1. The van der Waals surface area contributed by atoms with E-state index in [1.807, 2.05) is 50.2 Å². The Labute approximate surface area is 150 Å². The largest absolute Gasteiger partial charge is 0.293 e. The minimum atomic E-state index is -0.215. The first kappa shape index (κ1) is 17.2. The number of Topliss-reactive ketones (excluding diaryl/α,β-unsaturated/α-hetero) is 1. The van der Waals surface area contributed by atoms with E-state index in [2.05, 4.69) is 4.98 Å². The van der Waals surface area contributed by atoms with Crippen LogP contribution in [0.25, 0.3) is 5.69 Å². The Bertz CT molecular complexity index is 945. The molecule has 3 aromatic rings. The summed E-state index contributed by atoms with van der Waals surface area (Å²) in [6, 6.07) is 15.1. The van der Waals surface area contributed by atoms with Gasteiger partial charge >= 0.3 is 0 Å². The van der Waals surface area contributed by atoms with Crippen molar-refractivity contribution < 1.29 is 4.79 Å². The second kappa shape index (κ2) is 7.49. The maximum absolute atomic E-state index is 12.6. The number of nitrogens with zero attached hydrogens (tertiary/aromatic N) is 2. The maximum Gasteiger partial charge on any atom is 0.287 e. The molecule has 1 aromatic heterocycles. The predicted molar refractivity (Wildman–Crippen MR) is 101 cm³/mol. The lowest BCUT2D eigenvalue weighted by molar-refractivity contribution is 0.102.